The number of ketones is 1. The van der Waals surface area contributed by atoms with Crippen LogP contribution in [0.1, 0.15) is 15.9 Å². The molecule has 0 amide bonds. The maximum Gasteiger partial charge on any atom is 1.00 e. The van der Waals surface area contributed by atoms with Crippen LogP contribution >= 0.6 is 0 Å². The summed E-state index contributed by atoms with van der Waals surface area (Å²) in [6.45, 7) is 0. The van der Waals surface area contributed by atoms with Crippen molar-refractivity contribution >= 4 is 21.9 Å². The second-order valence-electron chi connectivity index (χ2n) is 3.10. The fraction of sp³-hybridized carbons (Fsp3) is 0. The van der Waals surface area contributed by atoms with Crippen molar-refractivity contribution < 1.29 is 57.1 Å². The summed E-state index contributed by atoms with van der Waals surface area (Å²) in [7, 11) is -4.67. The van der Waals surface area contributed by atoms with Crippen LogP contribution in [0.2, 0.25) is 0 Å². The van der Waals surface area contributed by atoms with Gasteiger partial charge in [0.2, 0.25) is 0 Å². The summed E-state index contributed by atoms with van der Waals surface area (Å²) < 4.78 is 31.6. The summed E-state index contributed by atoms with van der Waals surface area (Å²) in [5.41, 5.74) is 1.29. The Kier molecular flexibility index (Phi) is 7.12. The van der Waals surface area contributed by atoms with Gasteiger partial charge in [0.05, 0.1) is 5.71 Å². The van der Waals surface area contributed by atoms with Crippen molar-refractivity contribution in [2.75, 3.05) is 0 Å². The predicted octanol–water partition coefficient (Wildman–Crippen LogP) is -2.23. The van der Waals surface area contributed by atoms with Gasteiger partial charge in [-0.05, 0) is 0 Å². The van der Waals surface area contributed by atoms with Gasteiger partial charge in [0.15, 0.2) is 0 Å². The Bertz CT molecular complexity index is 615. The SMILES string of the molecule is O=C1C(=NO)C=[C-]c2ccccc21.O=S(=O)(O)O.[Na+]. The van der Waals surface area contributed by atoms with Crippen molar-refractivity contribution in [2.45, 2.75) is 0 Å². The van der Waals surface area contributed by atoms with Gasteiger partial charge in [-0.15, -0.1) is 35.0 Å². The second-order valence-corrected chi connectivity index (χ2v) is 3.99. The van der Waals surface area contributed by atoms with Crippen molar-refractivity contribution in [3.63, 3.8) is 0 Å². The first-order valence-electron chi connectivity index (χ1n) is 4.48. The quantitative estimate of drug-likeness (QED) is 0.163. The van der Waals surface area contributed by atoms with Gasteiger partial charge >= 0.3 is 40.0 Å². The Morgan fingerprint density at radius 1 is 1.16 bits per heavy atom. The molecule has 1 aliphatic carbocycles. The van der Waals surface area contributed by atoms with E-state index in [1.54, 1.807) is 18.2 Å². The van der Waals surface area contributed by atoms with Crippen LogP contribution in [0.5, 0.6) is 0 Å². The van der Waals surface area contributed by atoms with Crippen LogP contribution in [-0.4, -0.2) is 34.2 Å². The van der Waals surface area contributed by atoms with E-state index in [0.717, 1.165) is 5.56 Å². The fourth-order valence-electron chi connectivity index (χ4n) is 1.23. The first-order chi connectivity index (χ1) is 8.33. The van der Waals surface area contributed by atoms with Crippen LogP contribution in [0, 0.1) is 6.08 Å². The average molecular weight is 293 g/mol. The van der Waals surface area contributed by atoms with Gasteiger partial charge < -0.3 is 10.0 Å². The van der Waals surface area contributed by atoms with Gasteiger partial charge in [-0.25, -0.2) is 0 Å². The minimum Gasteiger partial charge on any atom is -0.419 e. The predicted molar refractivity (Wildman–Crippen MR) is 61.1 cm³/mol. The number of fused-ring (bicyclic) bond motifs is 1. The van der Waals surface area contributed by atoms with Gasteiger partial charge in [-0.1, -0.05) is 17.7 Å². The van der Waals surface area contributed by atoms with E-state index in [1.165, 1.54) is 6.08 Å². The number of benzene rings is 1. The zero-order valence-electron chi connectivity index (χ0n) is 9.81. The molecule has 96 valence electrons. The Hall–Kier alpha value is -1.03. The molecule has 7 nitrogen and oxygen atoms in total. The van der Waals surface area contributed by atoms with E-state index in [9.17, 15) is 4.79 Å². The summed E-state index contributed by atoms with van der Waals surface area (Å²) in [6, 6.07) is 7.06. The molecular formula is C10H8NNaO6S. The van der Waals surface area contributed by atoms with Crippen LogP contribution in [-0.2, 0) is 10.4 Å². The molecule has 0 bridgehead atoms. The number of oxime groups is 1. The third-order valence-corrected chi connectivity index (χ3v) is 1.88. The first-order valence-corrected chi connectivity index (χ1v) is 5.88. The third-order valence-electron chi connectivity index (χ3n) is 1.88. The first kappa shape index (κ1) is 18.0. The van der Waals surface area contributed by atoms with E-state index in [4.69, 9.17) is 22.7 Å². The maximum atomic E-state index is 11.5. The number of carbonyl (C=O) groups is 1. The van der Waals surface area contributed by atoms with Crippen molar-refractivity contribution in [3.05, 3.63) is 47.5 Å². The zero-order chi connectivity index (χ0) is 13.8. The summed E-state index contributed by atoms with van der Waals surface area (Å²) in [6.07, 6.45) is 4.24. The Morgan fingerprint density at radius 2 is 1.68 bits per heavy atom. The van der Waals surface area contributed by atoms with Crippen molar-refractivity contribution in [2.24, 2.45) is 5.16 Å². The molecule has 0 atom stereocenters. The summed E-state index contributed by atoms with van der Waals surface area (Å²) in [5, 5.41) is 11.4. The minimum atomic E-state index is -4.67. The molecule has 19 heavy (non-hydrogen) atoms. The van der Waals surface area contributed by atoms with Crippen LogP contribution in [0.3, 0.4) is 0 Å². The monoisotopic (exact) mass is 293 g/mol. The number of allylic oxidation sites excluding steroid dienone is 1. The molecule has 1 aliphatic rings. The Balaban J connectivity index is 0.000000471. The molecule has 2 rings (SSSR count). The molecule has 0 aliphatic heterocycles. The second kappa shape index (κ2) is 7.53. The minimum absolute atomic E-state index is 0. The summed E-state index contributed by atoms with van der Waals surface area (Å²) >= 11 is 0. The molecule has 0 saturated heterocycles. The number of carbonyl (C=O) groups excluding carboxylic acids is 1. The molecular weight excluding hydrogens is 285 g/mol. The normalized spacial score (nSPS) is 15.1. The molecule has 0 saturated carbocycles. The van der Waals surface area contributed by atoms with Crippen molar-refractivity contribution in [1.82, 2.24) is 0 Å². The van der Waals surface area contributed by atoms with Crippen LogP contribution in [0.4, 0.5) is 0 Å². The number of hydrogen-bond donors (Lipinski definition) is 3. The van der Waals surface area contributed by atoms with Gasteiger partial charge in [0.1, 0.15) is 5.78 Å². The molecule has 0 radical (unpaired) electrons. The van der Waals surface area contributed by atoms with E-state index in [-0.39, 0.29) is 41.1 Å². The van der Waals surface area contributed by atoms with Crippen molar-refractivity contribution in [3.8, 4) is 0 Å². The number of nitrogens with zero attached hydrogens (tertiary/aromatic N) is 1. The largest absolute Gasteiger partial charge is 1.00 e. The molecule has 0 heterocycles. The number of rotatable bonds is 0. The smallest absolute Gasteiger partial charge is 0.419 e. The molecule has 9 heteroatoms. The molecule has 3 N–H and O–H groups in total. The Labute approximate surface area is 131 Å². The average Bonchev–Trinajstić information content (AvgIpc) is 2.28. The van der Waals surface area contributed by atoms with Gasteiger partial charge in [-0.3, -0.25) is 9.11 Å². The standard InChI is InChI=1S/C10H6NO2.Na.H2O4S/c12-10-8-4-2-1-3-7(8)5-6-9(10)11-13;;1-5(2,3)4/h1-4,6,13H;;(H2,1,2,3,4)/q-1;+1;. The number of hydrogen-bond acceptors (Lipinski definition) is 5. The van der Waals surface area contributed by atoms with Gasteiger partial charge in [-0.2, -0.15) is 8.42 Å². The number of Topliss-reactive ketones (excluding diaryl/α,β-unsaturated/α-hetero) is 1. The Morgan fingerprint density at radius 3 is 2.21 bits per heavy atom. The molecule has 0 unspecified atom stereocenters. The third kappa shape index (κ3) is 6.10. The van der Waals surface area contributed by atoms with E-state index in [0.29, 0.717) is 5.56 Å². The van der Waals surface area contributed by atoms with Gasteiger partial charge in [0, 0.05) is 0 Å². The van der Waals surface area contributed by atoms with E-state index < -0.39 is 10.4 Å². The van der Waals surface area contributed by atoms with E-state index in [2.05, 4.69) is 11.2 Å². The van der Waals surface area contributed by atoms with Crippen LogP contribution in [0.25, 0.3) is 0 Å². The molecule has 0 spiro atoms. The summed E-state index contributed by atoms with van der Waals surface area (Å²) in [5.74, 6) is -0.267. The topological polar surface area (TPSA) is 124 Å². The van der Waals surface area contributed by atoms with E-state index >= 15 is 0 Å². The molecule has 0 fully saturated rings. The maximum absolute atomic E-state index is 11.5. The molecule has 1 aromatic carbocycles. The zero-order valence-corrected chi connectivity index (χ0v) is 12.6. The molecule has 0 aromatic heterocycles. The van der Waals surface area contributed by atoms with Crippen LogP contribution in [0.15, 0.2) is 35.5 Å². The summed E-state index contributed by atoms with van der Waals surface area (Å²) in [4.78, 5) is 11.5. The van der Waals surface area contributed by atoms with Gasteiger partial charge in [0.25, 0.3) is 0 Å². The molecule has 1 aromatic rings. The van der Waals surface area contributed by atoms with Crippen LogP contribution < -0.4 is 29.6 Å². The van der Waals surface area contributed by atoms with Crippen molar-refractivity contribution in [1.29, 1.82) is 0 Å². The van der Waals surface area contributed by atoms with E-state index in [1.807, 2.05) is 6.07 Å². The fourth-order valence-corrected chi connectivity index (χ4v) is 1.23.